The van der Waals surface area contributed by atoms with E-state index in [1.165, 1.54) is 55.8 Å². The molecule has 0 saturated heterocycles. The first-order valence-corrected chi connectivity index (χ1v) is 49.6. The molecule has 142 heavy (non-hydrogen) atoms. The zero-order valence-corrected chi connectivity index (χ0v) is 95.2. The fraction of sp³-hybridized carbons (Fsp3) is 0.474. The van der Waals surface area contributed by atoms with Crippen molar-refractivity contribution in [2.24, 2.45) is 11.3 Å². The van der Waals surface area contributed by atoms with Gasteiger partial charge >= 0.3 is 0 Å². The molecule has 1 unspecified atom stereocenters. The Morgan fingerprint density at radius 1 is 0.458 bits per heavy atom. The van der Waals surface area contributed by atoms with Crippen molar-refractivity contribution >= 4 is 63.7 Å². The van der Waals surface area contributed by atoms with E-state index in [1.54, 1.807) is 71.4 Å². The second-order valence-electron chi connectivity index (χ2n) is 45.7. The van der Waals surface area contributed by atoms with Crippen LogP contribution in [0.3, 0.4) is 0 Å². The standard InChI is InChI=1S/C10H16O.C9H14N2.C9H12N2.C9H14N2.C9H12N2.3C9H11NO.4C9H11NS.C7H11FN2/c1-10(2,3)8-5-4-6-9(11)7-8;2*1-5-8-10-6-7-11(8)9(2,3)4;2*1-5-8-6-7-11(10-8)9(2,3)4;1-5-8-10-7(6-11-8)9(2,3)4;1-5-8-10-6-7(11-8)9(2,3)4;1-5-7-6-8(11-10-7)9(2,3)4;1-5-8-10-7(6-11-8)9(2,3)4;1-5-8-10-6-7(11-8)9(2,3)4;1-5-8-7(6-11-10-8)9(2,3)4;1-5-7-6-8(11-10-7)9(2,3)4;1-7(2,3)10-5-4-6(8)9-10/h4,6,8H,5,7H2,1-3H3;5-7H,1H2,2-4H3;1,6-7H,2-4H3;5-7H,1H2,2-4H3;1,6-7H,2-4H3;7*1,6H,2-4H3;4-5H,1-3H3. The number of allylic oxidation sites excluding steroid dienone is 2. The highest BCUT2D eigenvalue weighted by Crippen LogP contribution is 2.35. The number of carbonyl (C=O) groups is 1. The molecule has 0 saturated carbocycles. The molecule has 21 nitrogen and oxygen atoms in total. The molecule has 0 bridgehead atoms. The molecule has 760 valence electrons. The van der Waals surface area contributed by atoms with Crippen LogP contribution in [0, 0.1) is 128 Å². The summed E-state index contributed by atoms with van der Waals surface area (Å²) in [6, 6.07) is 8.92. The van der Waals surface area contributed by atoms with Crippen molar-refractivity contribution in [3.63, 3.8) is 0 Å². The third kappa shape index (κ3) is 46.6. The normalized spacial score (nSPS) is 12.4. The summed E-state index contributed by atoms with van der Waals surface area (Å²) < 4.78 is 45.3. The molecular formula is C116H156FN17O4S4. The molecule has 0 aliphatic heterocycles. The number of nitrogens with zero attached hydrogens (tertiary/aromatic N) is 17. The van der Waals surface area contributed by atoms with E-state index in [2.05, 4.69) is 338 Å². The quantitative estimate of drug-likeness (QED) is 0.146. The van der Waals surface area contributed by atoms with Crippen LogP contribution in [0.2, 0.25) is 0 Å². The van der Waals surface area contributed by atoms with E-state index >= 15 is 0 Å². The molecule has 0 radical (unpaired) electrons. The van der Waals surface area contributed by atoms with E-state index in [0.717, 1.165) is 68.7 Å². The first-order valence-electron chi connectivity index (χ1n) is 46.3. The minimum atomic E-state index is -0.421. The Morgan fingerprint density at radius 3 is 1.27 bits per heavy atom. The van der Waals surface area contributed by atoms with E-state index < -0.39 is 5.95 Å². The molecular weight excluding hydrogens is 1840 g/mol. The number of hydrogen-bond donors (Lipinski definition) is 0. The number of thiazole rings is 2. The van der Waals surface area contributed by atoms with Gasteiger partial charge in [0.25, 0.3) is 11.8 Å². The number of oxazole rings is 2. The molecule has 1 atom stereocenters. The van der Waals surface area contributed by atoms with Crippen LogP contribution >= 0.6 is 45.7 Å². The second-order valence-corrected chi connectivity index (χ2v) is 49.1. The summed E-state index contributed by atoms with van der Waals surface area (Å²) in [4.78, 5) is 38.1. The average Bonchev–Trinajstić information content (AvgIpc) is 1.76. The number of halogens is 1. The average molecular weight is 2000 g/mol. The zero-order valence-electron chi connectivity index (χ0n) is 92.0. The number of hydrogen-bond acceptors (Lipinski definition) is 20. The van der Waals surface area contributed by atoms with Crippen molar-refractivity contribution in [2.75, 3.05) is 0 Å². The molecule has 0 fully saturated rings. The summed E-state index contributed by atoms with van der Waals surface area (Å²) in [5.74, 6) is 26.7. The summed E-state index contributed by atoms with van der Waals surface area (Å²) >= 11 is 6.04. The van der Waals surface area contributed by atoms with Gasteiger partial charge in [0.2, 0.25) is 5.95 Å². The lowest BCUT2D eigenvalue weighted by Crippen LogP contribution is -2.24. The molecule has 26 heteroatoms. The van der Waals surface area contributed by atoms with Crippen LogP contribution in [0.1, 0.15) is 383 Å². The van der Waals surface area contributed by atoms with Crippen molar-refractivity contribution < 1.29 is 22.5 Å². The predicted molar refractivity (Wildman–Crippen MR) is 593 cm³/mol. The lowest BCUT2D eigenvalue weighted by atomic mass is 9.74. The van der Waals surface area contributed by atoms with Crippen molar-refractivity contribution in [3.05, 3.63) is 235 Å². The van der Waals surface area contributed by atoms with Gasteiger partial charge in [-0.25, -0.2) is 29.9 Å². The van der Waals surface area contributed by atoms with Crippen molar-refractivity contribution in [2.45, 2.75) is 348 Å². The van der Waals surface area contributed by atoms with E-state index in [9.17, 15) is 9.18 Å². The molecule has 13 rings (SSSR count). The highest BCUT2D eigenvalue weighted by atomic mass is 32.1. The maximum Gasteiger partial charge on any atom is 0.273 e. The molecule has 12 aromatic rings. The van der Waals surface area contributed by atoms with Crippen LogP contribution in [0.5, 0.6) is 0 Å². The molecule has 12 aromatic heterocycles. The van der Waals surface area contributed by atoms with Crippen molar-refractivity contribution in [1.29, 1.82) is 0 Å². The summed E-state index contributed by atoms with van der Waals surface area (Å²) in [7, 11) is 0. The topological polar surface area (TPSA) is 236 Å². The summed E-state index contributed by atoms with van der Waals surface area (Å²) in [6.07, 6.45) is 73.7. The van der Waals surface area contributed by atoms with Crippen molar-refractivity contribution in [1.82, 2.24) is 82.3 Å². The predicted octanol–water partition coefficient (Wildman–Crippen LogP) is 27.7. The van der Waals surface area contributed by atoms with Gasteiger partial charge in [0.05, 0.1) is 39.9 Å². The Bertz CT molecular complexity index is 5650. The number of aromatic nitrogens is 17. The summed E-state index contributed by atoms with van der Waals surface area (Å²) in [5, 5.41) is 21.4. The largest absolute Gasteiger partial charge is 0.438 e. The van der Waals surface area contributed by atoms with E-state index in [1.807, 2.05) is 142 Å². The first-order chi connectivity index (χ1) is 65.0. The van der Waals surface area contributed by atoms with Gasteiger partial charge in [-0.15, -0.1) is 85.6 Å². The van der Waals surface area contributed by atoms with Gasteiger partial charge in [-0.2, -0.15) is 23.3 Å². The molecule has 1 aliphatic rings. The monoisotopic (exact) mass is 2000 g/mol. The van der Waals surface area contributed by atoms with Crippen molar-refractivity contribution in [3.8, 4) is 111 Å². The van der Waals surface area contributed by atoms with E-state index in [-0.39, 0.29) is 76.8 Å². The summed E-state index contributed by atoms with van der Waals surface area (Å²) in [5.41, 5.74) is 7.82. The maximum atomic E-state index is 12.3. The highest BCUT2D eigenvalue weighted by Gasteiger charge is 2.29. The number of carbonyl (C=O) groups excluding carboxylic acids is 1. The Balaban J connectivity index is 0.000000769. The Hall–Kier alpha value is -12.9. The van der Waals surface area contributed by atoms with Gasteiger partial charge in [0, 0.05) is 127 Å². The Morgan fingerprint density at radius 2 is 0.979 bits per heavy atom. The minimum Gasteiger partial charge on any atom is -0.438 e. The number of rotatable bonds is 2. The molecule has 12 heterocycles. The number of ketones is 1. The lowest BCUT2D eigenvalue weighted by Gasteiger charge is -2.30. The van der Waals surface area contributed by atoms with Crippen LogP contribution in [-0.2, 0) is 70.4 Å². The lowest BCUT2D eigenvalue weighted by molar-refractivity contribution is -0.116. The number of imidazole rings is 2. The van der Waals surface area contributed by atoms with Crippen LogP contribution in [0.15, 0.2) is 142 Å². The number of terminal acetylenes is 9. The second kappa shape index (κ2) is 54.9. The highest BCUT2D eigenvalue weighted by molar-refractivity contribution is 7.12. The van der Waals surface area contributed by atoms with Crippen LogP contribution in [0.25, 0.3) is 12.2 Å². The van der Waals surface area contributed by atoms with Crippen LogP contribution in [0.4, 0.5) is 4.39 Å². The van der Waals surface area contributed by atoms with E-state index in [4.69, 9.17) is 71.2 Å². The molecule has 1 aliphatic carbocycles. The van der Waals surface area contributed by atoms with Gasteiger partial charge in [-0.05, 0) is 251 Å². The van der Waals surface area contributed by atoms with Gasteiger partial charge in [0.15, 0.2) is 27.3 Å². The molecule has 0 amide bonds. The van der Waals surface area contributed by atoms with Gasteiger partial charge in [0.1, 0.15) is 40.7 Å². The third-order valence-corrected chi connectivity index (χ3v) is 23.4. The fourth-order valence-electron chi connectivity index (χ4n) is 10.7. The molecule has 0 spiro atoms. The maximum absolute atomic E-state index is 12.3. The first kappa shape index (κ1) is 127. The van der Waals surface area contributed by atoms with E-state index in [0.29, 0.717) is 34.9 Å². The smallest absolute Gasteiger partial charge is 0.273 e. The fourth-order valence-corrected chi connectivity index (χ4v) is 13.9. The SMILES string of the molecule is C#Cc1cc(C(C)(C)C)on1.C#Cc1cc(C(C)(C)C)sn1.C#Cc1ccn(C(C)(C)C)n1.C#Cc1nc(C(C)(C)C)co1.C#Cc1nc(C(C)(C)C)cs1.C#Cc1ncc(C(C)(C)C)o1.C#Cc1ncc(C(C)(C)C)s1.C#Cc1nccn1C(C)(C)C.C#Cc1nscc1C(C)(C)C.C=Cc1ccn(C(C)(C)C)n1.C=Cc1nccn1C(C)(C)C.CC(C)(C)C1CC=CC(=O)C1.CC(C)(C)n1ccc(F)n1. The Kier molecular flexibility index (Phi) is 49.1. The zero-order chi connectivity index (χ0) is 110. The minimum absolute atomic E-state index is 0.0118. The van der Waals surface area contributed by atoms with Gasteiger partial charge < -0.3 is 22.5 Å². The van der Waals surface area contributed by atoms with Crippen LogP contribution < -0.4 is 0 Å². The van der Waals surface area contributed by atoms with Crippen LogP contribution in [-0.4, -0.2) is 88.1 Å². The third-order valence-electron chi connectivity index (χ3n) is 19.5. The Labute approximate surface area is 867 Å². The molecule has 0 N–H and O–H groups in total. The van der Waals surface area contributed by atoms with Gasteiger partial charge in [-0.3, -0.25) is 18.8 Å². The molecule has 0 aromatic carbocycles. The summed E-state index contributed by atoms with van der Waals surface area (Å²) in [6.45, 7) is 89.4. The van der Waals surface area contributed by atoms with Gasteiger partial charge in [-0.1, -0.05) is 191 Å².